The van der Waals surface area contributed by atoms with Gasteiger partial charge in [-0.05, 0) is 31.0 Å². The summed E-state index contributed by atoms with van der Waals surface area (Å²) in [5.74, 6) is 0.205. The van der Waals surface area contributed by atoms with Crippen molar-refractivity contribution in [3.8, 4) is 0 Å². The Balaban J connectivity index is 1.59. The predicted octanol–water partition coefficient (Wildman–Crippen LogP) is 1.70. The minimum absolute atomic E-state index is 0.0207. The van der Waals surface area contributed by atoms with Crippen LogP contribution in [0.15, 0.2) is 29.3 Å². The van der Waals surface area contributed by atoms with E-state index in [2.05, 4.69) is 15.2 Å². The van der Waals surface area contributed by atoms with Crippen LogP contribution in [0.25, 0.3) is 0 Å². The zero-order chi connectivity index (χ0) is 20.1. The third kappa shape index (κ3) is 4.86. The van der Waals surface area contributed by atoms with Crippen LogP contribution in [0.4, 0.5) is 4.39 Å². The maximum atomic E-state index is 13.2. The van der Waals surface area contributed by atoms with E-state index in [-0.39, 0.29) is 29.8 Å². The van der Waals surface area contributed by atoms with Gasteiger partial charge in [0.15, 0.2) is 5.96 Å². The number of rotatable bonds is 4. The molecule has 3 rings (SSSR count). The summed E-state index contributed by atoms with van der Waals surface area (Å²) < 4.78 is 19.2. The summed E-state index contributed by atoms with van der Waals surface area (Å²) in [7, 11) is 1.70. The van der Waals surface area contributed by atoms with Gasteiger partial charge in [0, 0.05) is 39.5 Å². The van der Waals surface area contributed by atoms with E-state index in [4.69, 9.17) is 4.74 Å². The van der Waals surface area contributed by atoms with Gasteiger partial charge in [-0.3, -0.25) is 19.5 Å². The number of carbonyl (C=O) groups is 2. The standard InChI is InChI=1S/C20H27FN4O3/c1-14-12-24(13-17(28-14)15-6-8-16(21)9-7-15)20(22-2)23-10-11-25-18(26)4-3-5-19(25)27/h6-9,14,17H,3-5,10-13H2,1-2H3,(H,22,23). The number of imide groups is 1. The highest BCUT2D eigenvalue weighted by Gasteiger charge is 2.29. The number of hydrogen-bond acceptors (Lipinski definition) is 4. The van der Waals surface area contributed by atoms with Crippen molar-refractivity contribution in [1.29, 1.82) is 0 Å². The molecule has 0 aliphatic carbocycles. The van der Waals surface area contributed by atoms with Crippen LogP contribution in [0.5, 0.6) is 0 Å². The zero-order valence-corrected chi connectivity index (χ0v) is 16.4. The molecule has 2 atom stereocenters. The lowest BCUT2D eigenvalue weighted by molar-refractivity contribution is -0.147. The molecule has 0 saturated carbocycles. The monoisotopic (exact) mass is 390 g/mol. The van der Waals surface area contributed by atoms with E-state index in [0.29, 0.717) is 51.4 Å². The molecule has 2 fully saturated rings. The van der Waals surface area contributed by atoms with Crippen molar-refractivity contribution in [2.45, 2.75) is 38.4 Å². The lowest BCUT2D eigenvalue weighted by Crippen LogP contribution is -2.52. The summed E-state index contributed by atoms with van der Waals surface area (Å²) in [6.45, 7) is 4.01. The van der Waals surface area contributed by atoms with Crippen LogP contribution >= 0.6 is 0 Å². The number of piperidine rings is 1. The number of nitrogens with zero attached hydrogens (tertiary/aromatic N) is 3. The molecular weight excluding hydrogens is 363 g/mol. The van der Waals surface area contributed by atoms with Crippen LogP contribution in [0.1, 0.15) is 37.9 Å². The maximum absolute atomic E-state index is 13.2. The molecule has 2 aliphatic heterocycles. The number of aliphatic imine (C=N–C) groups is 1. The smallest absolute Gasteiger partial charge is 0.229 e. The van der Waals surface area contributed by atoms with Gasteiger partial charge in [-0.15, -0.1) is 0 Å². The second-order valence-electron chi connectivity index (χ2n) is 7.16. The molecule has 0 radical (unpaired) electrons. The molecule has 1 N–H and O–H groups in total. The number of likely N-dealkylation sites (tertiary alicyclic amines) is 1. The summed E-state index contributed by atoms with van der Waals surface area (Å²) in [6.07, 6.45) is 1.29. The van der Waals surface area contributed by atoms with E-state index in [1.165, 1.54) is 17.0 Å². The van der Waals surface area contributed by atoms with E-state index < -0.39 is 0 Å². The summed E-state index contributed by atoms with van der Waals surface area (Å²) in [5.41, 5.74) is 0.915. The number of hydrogen-bond donors (Lipinski definition) is 1. The maximum Gasteiger partial charge on any atom is 0.229 e. The molecular formula is C20H27FN4O3. The topological polar surface area (TPSA) is 74.2 Å². The van der Waals surface area contributed by atoms with Gasteiger partial charge in [-0.1, -0.05) is 12.1 Å². The molecule has 2 heterocycles. The first-order valence-corrected chi connectivity index (χ1v) is 9.67. The van der Waals surface area contributed by atoms with Gasteiger partial charge in [0.25, 0.3) is 0 Å². The van der Waals surface area contributed by atoms with Crippen LogP contribution in [0.2, 0.25) is 0 Å². The van der Waals surface area contributed by atoms with Crippen molar-refractivity contribution in [3.63, 3.8) is 0 Å². The normalized spacial score (nSPS) is 23.9. The molecule has 0 aromatic heterocycles. The quantitative estimate of drug-likeness (QED) is 0.481. The zero-order valence-electron chi connectivity index (χ0n) is 16.4. The Morgan fingerprint density at radius 3 is 2.54 bits per heavy atom. The van der Waals surface area contributed by atoms with Gasteiger partial charge in [0.2, 0.25) is 11.8 Å². The molecule has 2 aliphatic rings. The first-order valence-electron chi connectivity index (χ1n) is 9.67. The highest BCUT2D eigenvalue weighted by Crippen LogP contribution is 2.25. The molecule has 1 aromatic rings. The fourth-order valence-electron chi connectivity index (χ4n) is 3.65. The molecule has 1 aromatic carbocycles. The summed E-state index contributed by atoms with van der Waals surface area (Å²) >= 11 is 0. The lowest BCUT2D eigenvalue weighted by Gasteiger charge is -2.39. The molecule has 28 heavy (non-hydrogen) atoms. The van der Waals surface area contributed by atoms with Crippen molar-refractivity contribution >= 4 is 17.8 Å². The van der Waals surface area contributed by atoms with Crippen LogP contribution in [-0.2, 0) is 14.3 Å². The van der Waals surface area contributed by atoms with Crippen molar-refractivity contribution in [3.05, 3.63) is 35.6 Å². The van der Waals surface area contributed by atoms with Crippen molar-refractivity contribution < 1.29 is 18.7 Å². The molecule has 2 unspecified atom stereocenters. The number of ether oxygens (including phenoxy) is 1. The van der Waals surface area contributed by atoms with E-state index in [0.717, 1.165) is 5.56 Å². The van der Waals surface area contributed by atoms with Crippen molar-refractivity contribution in [2.75, 3.05) is 33.2 Å². The number of nitrogens with one attached hydrogen (secondary N) is 1. The Kier molecular flexibility index (Phi) is 6.61. The van der Waals surface area contributed by atoms with Gasteiger partial charge >= 0.3 is 0 Å². The van der Waals surface area contributed by atoms with E-state index in [1.807, 2.05) is 6.92 Å². The Hall–Kier alpha value is -2.48. The number of guanidine groups is 1. The highest BCUT2D eigenvalue weighted by molar-refractivity contribution is 5.97. The van der Waals surface area contributed by atoms with Gasteiger partial charge in [0.1, 0.15) is 11.9 Å². The van der Waals surface area contributed by atoms with Crippen LogP contribution in [0, 0.1) is 5.82 Å². The molecule has 152 valence electrons. The van der Waals surface area contributed by atoms with Crippen molar-refractivity contribution in [2.24, 2.45) is 4.99 Å². The molecule has 7 nitrogen and oxygen atoms in total. The van der Waals surface area contributed by atoms with Gasteiger partial charge in [0.05, 0.1) is 12.6 Å². The Morgan fingerprint density at radius 2 is 1.89 bits per heavy atom. The Bertz CT molecular complexity index is 721. The highest BCUT2D eigenvalue weighted by atomic mass is 19.1. The number of carbonyl (C=O) groups excluding carboxylic acids is 2. The first kappa shape index (κ1) is 20.3. The second kappa shape index (κ2) is 9.14. The first-order chi connectivity index (χ1) is 13.5. The fraction of sp³-hybridized carbons (Fsp3) is 0.550. The molecule has 0 bridgehead atoms. The molecule has 8 heteroatoms. The van der Waals surface area contributed by atoms with Crippen LogP contribution in [-0.4, -0.2) is 66.9 Å². The Labute approximate surface area is 164 Å². The third-order valence-electron chi connectivity index (χ3n) is 5.02. The van der Waals surface area contributed by atoms with Crippen molar-refractivity contribution in [1.82, 2.24) is 15.1 Å². The Morgan fingerprint density at radius 1 is 1.21 bits per heavy atom. The number of benzene rings is 1. The fourth-order valence-corrected chi connectivity index (χ4v) is 3.65. The average Bonchev–Trinajstić information content (AvgIpc) is 2.67. The minimum Gasteiger partial charge on any atom is -0.367 e. The molecule has 2 saturated heterocycles. The lowest BCUT2D eigenvalue weighted by atomic mass is 10.1. The predicted molar refractivity (Wildman–Crippen MR) is 103 cm³/mol. The average molecular weight is 390 g/mol. The third-order valence-corrected chi connectivity index (χ3v) is 5.02. The second-order valence-corrected chi connectivity index (χ2v) is 7.16. The largest absolute Gasteiger partial charge is 0.367 e. The van der Waals surface area contributed by atoms with E-state index >= 15 is 0 Å². The summed E-state index contributed by atoms with van der Waals surface area (Å²) in [6, 6.07) is 6.34. The molecule has 2 amide bonds. The minimum atomic E-state index is -0.274. The van der Waals surface area contributed by atoms with E-state index in [9.17, 15) is 14.0 Å². The summed E-state index contributed by atoms with van der Waals surface area (Å²) in [4.78, 5) is 31.6. The van der Waals surface area contributed by atoms with Crippen LogP contribution in [0.3, 0.4) is 0 Å². The number of morpholine rings is 1. The summed E-state index contributed by atoms with van der Waals surface area (Å²) in [5, 5.41) is 3.24. The molecule has 0 spiro atoms. The van der Waals surface area contributed by atoms with Gasteiger partial charge in [-0.25, -0.2) is 4.39 Å². The van der Waals surface area contributed by atoms with E-state index in [1.54, 1.807) is 19.2 Å². The van der Waals surface area contributed by atoms with Gasteiger partial charge < -0.3 is 15.0 Å². The number of halogens is 1. The van der Waals surface area contributed by atoms with Crippen LogP contribution < -0.4 is 5.32 Å². The SMILES string of the molecule is CN=C(NCCN1C(=O)CCCC1=O)N1CC(C)OC(c2ccc(F)cc2)C1. The van der Waals surface area contributed by atoms with Gasteiger partial charge in [-0.2, -0.15) is 0 Å². The number of amides is 2.